The molecule has 1 heterocycles. The molecule has 2 rings (SSSR count). The summed E-state index contributed by atoms with van der Waals surface area (Å²) in [6, 6.07) is 8.69. The molecule has 0 N–H and O–H groups in total. The maximum atomic E-state index is 12.4. The smallest absolute Gasteiger partial charge is 0.243 e. The Balaban J connectivity index is 2.01. The molecule has 1 aromatic carbocycles. The van der Waals surface area contributed by atoms with E-state index in [9.17, 15) is 8.42 Å². The molecule has 5 heteroatoms. The fourth-order valence-electron chi connectivity index (χ4n) is 2.41. The Kier molecular flexibility index (Phi) is 4.60. The molecule has 4 nitrogen and oxygen atoms in total. The van der Waals surface area contributed by atoms with Crippen molar-refractivity contribution in [2.24, 2.45) is 5.92 Å². The van der Waals surface area contributed by atoms with Crippen LogP contribution in [0.2, 0.25) is 0 Å². The monoisotopic (exact) mass is 282 g/mol. The van der Waals surface area contributed by atoms with Gasteiger partial charge >= 0.3 is 0 Å². The highest BCUT2D eigenvalue weighted by Gasteiger charge is 2.28. The van der Waals surface area contributed by atoms with E-state index in [-0.39, 0.29) is 0 Å². The van der Waals surface area contributed by atoms with Crippen LogP contribution in [0.3, 0.4) is 0 Å². The van der Waals surface area contributed by atoms with E-state index >= 15 is 0 Å². The SMILES string of the molecule is CC(C)CN1CCN(S(=O)(=O)c2ccccc2)CC1. The summed E-state index contributed by atoms with van der Waals surface area (Å²) in [7, 11) is -3.31. The van der Waals surface area contributed by atoms with Crippen molar-refractivity contribution < 1.29 is 8.42 Å². The van der Waals surface area contributed by atoms with Crippen LogP contribution in [-0.2, 0) is 10.0 Å². The van der Waals surface area contributed by atoms with Crippen LogP contribution in [-0.4, -0.2) is 50.3 Å². The Labute approximate surface area is 116 Å². The minimum atomic E-state index is -3.31. The Hall–Kier alpha value is -0.910. The summed E-state index contributed by atoms with van der Waals surface area (Å²) < 4.78 is 26.4. The van der Waals surface area contributed by atoms with Crippen molar-refractivity contribution in [2.75, 3.05) is 32.7 Å². The molecule has 0 aromatic heterocycles. The summed E-state index contributed by atoms with van der Waals surface area (Å²) in [5.41, 5.74) is 0. The average Bonchev–Trinajstić information content (AvgIpc) is 2.40. The van der Waals surface area contributed by atoms with Crippen molar-refractivity contribution in [1.82, 2.24) is 9.21 Å². The van der Waals surface area contributed by atoms with Gasteiger partial charge in [-0.1, -0.05) is 32.0 Å². The van der Waals surface area contributed by atoms with Crippen molar-refractivity contribution in [2.45, 2.75) is 18.7 Å². The zero-order chi connectivity index (χ0) is 13.9. The molecular weight excluding hydrogens is 260 g/mol. The first-order valence-corrected chi connectivity index (χ1v) is 8.21. The van der Waals surface area contributed by atoms with Gasteiger partial charge in [0.2, 0.25) is 10.0 Å². The molecule has 1 saturated heterocycles. The summed E-state index contributed by atoms with van der Waals surface area (Å²) in [4.78, 5) is 2.73. The number of benzene rings is 1. The molecule has 0 atom stereocenters. The fourth-order valence-corrected chi connectivity index (χ4v) is 3.85. The average molecular weight is 282 g/mol. The Morgan fingerprint density at radius 2 is 1.63 bits per heavy atom. The third kappa shape index (κ3) is 3.55. The molecule has 0 saturated carbocycles. The van der Waals surface area contributed by atoms with Gasteiger partial charge in [-0.05, 0) is 18.1 Å². The molecule has 106 valence electrons. The van der Waals surface area contributed by atoms with Crippen LogP contribution in [0.5, 0.6) is 0 Å². The van der Waals surface area contributed by atoms with Crippen LogP contribution in [0.15, 0.2) is 35.2 Å². The molecule has 1 aliphatic heterocycles. The van der Waals surface area contributed by atoms with E-state index in [2.05, 4.69) is 18.7 Å². The second kappa shape index (κ2) is 6.03. The largest absolute Gasteiger partial charge is 0.300 e. The fraction of sp³-hybridized carbons (Fsp3) is 0.571. The molecule has 0 amide bonds. The first kappa shape index (κ1) is 14.5. The number of sulfonamides is 1. The van der Waals surface area contributed by atoms with Gasteiger partial charge < -0.3 is 4.90 Å². The van der Waals surface area contributed by atoms with E-state index < -0.39 is 10.0 Å². The molecule has 1 aliphatic rings. The maximum absolute atomic E-state index is 12.4. The molecule has 1 aromatic rings. The van der Waals surface area contributed by atoms with Gasteiger partial charge in [0, 0.05) is 32.7 Å². The van der Waals surface area contributed by atoms with Crippen molar-refractivity contribution in [3.8, 4) is 0 Å². The third-order valence-electron chi connectivity index (χ3n) is 3.34. The highest BCUT2D eigenvalue weighted by Crippen LogP contribution is 2.17. The number of hydrogen-bond donors (Lipinski definition) is 0. The lowest BCUT2D eigenvalue weighted by molar-refractivity contribution is 0.172. The van der Waals surface area contributed by atoms with E-state index in [1.165, 1.54) is 0 Å². The molecule has 0 bridgehead atoms. The Morgan fingerprint density at radius 3 is 2.16 bits per heavy atom. The van der Waals surface area contributed by atoms with Crippen LogP contribution < -0.4 is 0 Å². The van der Waals surface area contributed by atoms with Gasteiger partial charge in [0.25, 0.3) is 0 Å². The lowest BCUT2D eigenvalue weighted by atomic mass is 10.2. The van der Waals surface area contributed by atoms with E-state index in [0.29, 0.717) is 23.9 Å². The van der Waals surface area contributed by atoms with Gasteiger partial charge in [-0.2, -0.15) is 4.31 Å². The molecule has 1 fully saturated rings. The van der Waals surface area contributed by atoms with Gasteiger partial charge in [-0.15, -0.1) is 0 Å². The topological polar surface area (TPSA) is 40.6 Å². The first-order chi connectivity index (χ1) is 9.00. The van der Waals surface area contributed by atoms with E-state index in [1.54, 1.807) is 28.6 Å². The molecule has 0 spiro atoms. The minimum Gasteiger partial charge on any atom is -0.300 e. The number of piperazine rings is 1. The van der Waals surface area contributed by atoms with Gasteiger partial charge in [-0.25, -0.2) is 8.42 Å². The molecule has 0 unspecified atom stereocenters. The summed E-state index contributed by atoms with van der Waals surface area (Å²) in [5, 5.41) is 0. The van der Waals surface area contributed by atoms with Crippen LogP contribution in [0.1, 0.15) is 13.8 Å². The van der Waals surface area contributed by atoms with Gasteiger partial charge in [0.05, 0.1) is 4.90 Å². The summed E-state index contributed by atoms with van der Waals surface area (Å²) in [5.74, 6) is 0.622. The predicted octanol–water partition coefficient (Wildman–Crippen LogP) is 1.65. The van der Waals surface area contributed by atoms with Gasteiger partial charge in [0.15, 0.2) is 0 Å². The van der Waals surface area contributed by atoms with Crippen molar-refractivity contribution in [3.63, 3.8) is 0 Å². The van der Waals surface area contributed by atoms with Gasteiger partial charge in [0.1, 0.15) is 0 Å². The summed E-state index contributed by atoms with van der Waals surface area (Å²) >= 11 is 0. The Morgan fingerprint density at radius 1 is 1.05 bits per heavy atom. The van der Waals surface area contributed by atoms with Crippen LogP contribution in [0.25, 0.3) is 0 Å². The van der Waals surface area contributed by atoms with E-state index in [0.717, 1.165) is 19.6 Å². The van der Waals surface area contributed by atoms with Crippen LogP contribution >= 0.6 is 0 Å². The molecule has 0 aliphatic carbocycles. The lowest BCUT2D eigenvalue weighted by Gasteiger charge is -2.34. The zero-order valence-electron chi connectivity index (χ0n) is 11.6. The summed E-state index contributed by atoms with van der Waals surface area (Å²) in [6.45, 7) is 8.24. The molecule has 0 radical (unpaired) electrons. The molecule has 19 heavy (non-hydrogen) atoms. The predicted molar refractivity (Wildman–Crippen MR) is 76.5 cm³/mol. The quantitative estimate of drug-likeness (QED) is 0.843. The Bertz CT molecular complexity index is 491. The normalized spacial score (nSPS) is 18.9. The number of hydrogen-bond acceptors (Lipinski definition) is 3. The van der Waals surface area contributed by atoms with Crippen molar-refractivity contribution in [1.29, 1.82) is 0 Å². The first-order valence-electron chi connectivity index (χ1n) is 6.77. The molecular formula is C14H22N2O2S. The summed E-state index contributed by atoms with van der Waals surface area (Å²) in [6.07, 6.45) is 0. The number of nitrogens with zero attached hydrogens (tertiary/aromatic N) is 2. The van der Waals surface area contributed by atoms with E-state index in [4.69, 9.17) is 0 Å². The van der Waals surface area contributed by atoms with Crippen molar-refractivity contribution in [3.05, 3.63) is 30.3 Å². The standard InChI is InChI=1S/C14H22N2O2S/c1-13(2)12-15-8-10-16(11-9-15)19(17,18)14-6-4-3-5-7-14/h3-7,13H,8-12H2,1-2H3. The second-order valence-electron chi connectivity index (χ2n) is 5.41. The van der Waals surface area contributed by atoms with Crippen LogP contribution in [0.4, 0.5) is 0 Å². The second-order valence-corrected chi connectivity index (χ2v) is 7.35. The highest BCUT2D eigenvalue weighted by molar-refractivity contribution is 7.89. The zero-order valence-corrected chi connectivity index (χ0v) is 12.4. The lowest BCUT2D eigenvalue weighted by Crippen LogP contribution is -2.49. The van der Waals surface area contributed by atoms with Gasteiger partial charge in [-0.3, -0.25) is 0 Å². The van der Waals surface area contributed by atoms with E-state index in [1.807, 2.05) is 6.07 Å². The highest BCUT2D eigenvalue weighted by atomic mass is 32.2. The van der Waals surface area contributed by atoms with Crippen molar-refractivity contribution >= 4 is 10.0 Å². The third-order valence-corrected chi connectivity index (χ3v) is 5.25. The maximum Gasteiger partial charge on any atom is 0.243 e. The number of rotatable bonds is 4. The minimum absolute atomic E-state index is 0.396. The van der Waals surface area contributed by atoms with Crippen LogP contribution in [0, 0.1) is 5.92 Å².